The number of fused-ring (bicyclic) bond motifs is 1. The van der Waals surface area contributed by atoms with Gasteiger partial charge in [0.2, 0.25) is 0 Å². The molecule has 0 saturated heterocycles. The van der Waals surface area contributed by atoms with Crippen LogP contribution in [0.5, 0.6) is 11.5 Å². The average molecular weight is 397 g/mol. The van der Waals surface area contributed by atoms with Crippen LogP contribution in [0.1, 0.15) is 36.5 Å². The molecule has 1 aliphatic heterocycles. The predicted octanol–water partition coefficient (Wildman–Crippen LogP) is 3.38. The number of Topliss-reactive ketones (excluding diaryl/α,β-unsaturated/α-hetero) is 1. The second kappa shape index (κ2) is 9.73. The molecule has 0 radical (unpaired) electrons. The Morgan fingerprint density at radius 3 is 2.48 bits per heavy atom. The summed E-state index contributed by atoms with van der Waals surface area (Å²) in [5, 5.41) is 2.66. The van der Waals surface area contributed by atoms with Gasteiger partial charge in [0, 0.05) is 24.1 Å². The van der Waals surface area contributed by atoms with Crippen LogP contribution < -0.4 is 14.8 Å². The van der Waals surface area contributed by atoms with Crippen LogP contribution >= 0.6 is 0 Å². The number of esters is 1. The van der Waals surface area contributed by atoms with Gasteiger partial charge in [-0.05, 0) is 37.3 Å². The van der Waals surface area contributed by atoms with E-state index >= 15 is 0 Å². The number of amides is 1. The van der Waals surface area contributed by atoms with Crippen LogP contribution in [0.25, 0.3) is 0 Å². The number of para-hydroxylation sites is 1. The maximum atomic E-state index is 12.4. The van der Waals surface area contributed by atoms with Gasteiger partial charge in [0.15, 0.2) is 23.4 Å². The second-order valence-corrected chi connectivity index (χ2v) is 6.62. The molecule has 2 aromatic carbocycles. The molecule has 0 saturated carbocycles. The first kappa shape index (κ1) is 20.4. The fourth-order valence-electron chi connectivity index (χ4n) is 2.77. The van der Waals surface area contributed by atoms with Crippen LogP contribution in [0, 0.1) is 0 Å². The van der Waals surface area contributed by atoms with Crippen molar-refractivity contribution < 1.29 is 28.6 Å². The van der Waals surface area contributed by atoms with E-state index in [9.17, 15) is 14.4 Å². The van der Waals surface area contributed by atoms with Crippen molar-refractivity contribution >= 4 is 23.3 Å². The van der Waals surface area contributed by atoms with Gasteiger partial charge < -0.3 is 19.5 Å². The summed E-state index contributed by atoms with van der Waals surface area (Å²) < 4.78 is 16.3. The molecule has 29 heavy (non-hydrogen) atoms. The Hall–Kier alpha value is -3.35. The molecule has 0 spiro atoms. The van der Waals surface area contributed by atoms with Crippen molar-refractivity contribution in [3.63, 3.8) is 0 Å². The largest absolute Gasteiger partial charge is 0.490 e. The molecule has 7 heteroatoms. The number of anilines is 1. The maximum Gasteiger partial charge on any atom is 0.307 e. The van der Waals surface area contributed by atoms with Gasteiger partial charge >= 0.3 is 5.97 Å². The minimum atomic E-state index is -0.962. The number of rotatable bonds is 7. The van der Waals surface area contributed by atoms with Crippen molar-refractivity contribution in [2.75, 3.05) is 18.5 Å². The molecule has 0 aliphatic carbocycles. The lowest BCUT2D eigenvalue weighted by Gasteiger charge is -2.13. The molecule has 0 aromatic heterocycles. The van der Waals surface area contributed by atoms with Gasteiger partial charge in [-0.3, -0.25) is 14.4 Å². The molecule has 2 aromatic rings. The second-order valence-electron chi connectivity index (χ2n) is 6.62. The fourth-order valence-corrected chi connectivity index (χ4v) is 2.77. The Morgan fingerprint density at radius 1 is 1.00 bits per heavy atom. The third-order valence-corrected chi connectivity index (χ3v) is 4.34. The van der Waals surface area contributed by atoms with Gasteiger partial charge in [0.25, 0.3) is 5.91 Å². The number of ketones is 1. The van der Waals surface area contributed by atoms with Crippen molar-refractivity contribution in [3.8, 4) is 11.5 Å². The number of carbonyl (C=O) groups is 3. The van der Waals surface area contributed by atoms with E-state index in [2.05, 4.69) is 5.32 Å². The van der Waals surface area contributed by atoms with Crippen LogP contribution in [-0.4, -0.2) is 37.0 Å². The minimum absolute atomic E-state index is 0.0223. The number of hydrogen-bond donors (Lipinski definition) is 1. The van der Waals surface area contributed by atoms with Crippen molar-refractivity contribution in [2.24, 2.45) is 0 Å². The van der Waals surface area contributed by atoms with Crippen LogP contribution in [0.4, 0.5) is 5.69 Å². The van der Waals surface area contributed by atoms with E-state index in [1.165, 1.54) is 6.92 Å². The zero-order valence-electron chi connectivity index (χ0n) is 16.2. The number of ether oxygens (including phenoxy) is 3. The highest BCUT2D eigenvalue weighted by Gasteiger charge is 2.20. The smallest absolute Gasteiger partial charge is 0.307 e. The summed E-state index contributed by atoms with van der Waals surface area (Å²) in [6, 6.07) is 13.9. The number of nitrogens with one attached hydrogen (secondary N) is 1. The molecule has 0 unspecified atom stereocenters. The van der Waals surface area contributed by atoms with E-state index in [-0.39, 0.29) is 18.6 Å². The molecule has 0 bridgehead atoms. The van der Waals surface area contributed by atoms with Crippen molar-refractivity contribution in [3.05, 3.63) is 54.1 Å². The van der Waals surface area contributed by atoms with Gasteiger partial charge in [0.1, 0.15) is 0 Å². The first-order valence-electron chi connectivity index (χ1n) is 9.51. The van der Waals surface area contributed by atoms with Crippen LogP contribution in [0.3, 0.4) is 0 Å². The quantitative estimate of drug-likeness (QED) is 0.569. The molecular weight excluding hydrogens is 374 g/mol. The first-order valence-corrected chi connectivity index (χ1v) is 9.51. The molecule has 7 nitrogen and oxygen atoms in total. The molecule has 1 aliphatic rings. The standard InChI is InChI=1S/C22H23NO6/c1-15(22(26)23-17-6-3-2-4-7-17)29-21(25)11-9-18(24)16-8-10-19-20(14-16)28-13-5-12-27-19/h2-4,6-8,10,14-15H,5,9,11-13H2,1H3,(H,23,26)/t15-/m0/s1. The maximum absolute atomic E-state index is 12.4. The Bertz CT molecular complexity index is 880. The zero-order chi connectivity index (χ0) is 20.6. The fraction of sp³-hybridized carbons (Fsp3) is 0.318. The highest BCUT2D eigenvalue weighted by molar-refractivity contribution is 5.98. The molecule has 1 N–H and O–H groups in total. The molecule has 1 amide bonds. The monoisotopic (exact) mass is 397 g/mol. The van der Waals surface area contributed by atoms with E-state index in [0.717, 1.165) is 6.42 Å². The predicted molar refractivity (Wildman–Crippen MR) is 106 cm³/mol. The summed E-state index contributed by atoms with van der Waals surface area (Å²) in [5.41, 5.74) is 1.06. The van der Waals surface area contributed by atoms with Gasteiger partial charge in [-0.1, -0.05) is 18.2 Å². The van der Waals surface area contributed by atoms with Crippen molar-refractivity contribution in [1.29, 1.82) is 0 Å². The van der Waals surface area contributed by atoms with E-state index in [0.29, 0.717) is 36.0 Å². The summed E-state index contributed by atoms with van der Waals surface area (Å²) in [6.45, 7) is 2.59. The molecular formula is C22H23NO6. The first-order chi connectivity index (χ1) is 14.0. The molecule has 152 valence electrons. The zero-order valence-corrected chi connectivity index (χ0v) is 16.2. The summed E-state index contributed by atoms with van der Waals surface area (Å²) in [4.78, 5) is 36.5. The number of benzene rings is 2. The summed E-state index contributed by atoms with van der Waals surface area (Å²) >= 11 is 0. The summed E-state index contributed by atoms with van der Waals surface area (Å²) in [7, 11) is 0. The Balaban J connectivity index is 1.48. The lowest BCUT2D eigenvalue weighted by molar-refractivity contribution is -0.153. The summed E-state index contributed by atoms with van der Waals surface area (Å²) in [5.74, 6) is -0.111. The van der Waals surface area contributed by atoms with Crippen LogP contribution in [0.2, 0.25) is 0 Å². The molecule has 1 atom stereocenters. The SMILES string of the molecule is C[C@H](OC(=O)CCC(=O)c1ccc2c(c1)OCCCO2)C(=O)Nc1ccccc1. The molecule has 1 heterocycles. The highest BCUT2D eigenvalue weighted by Crippen LogP contribution is 2.30. The van der Waals surface area contributed by atoms with Crippen molar-refractivity contribution in [1.82, 2.24) is 0 Å². The Morgan fingerprint density at radius 2 is 1.72 bits per heavy atom. The van der Waals surface area contributed by atoms with E-state index in [4.69, 9.17) is 14.2 Å². The van der Waals surface area contributed by atoms with Gasteiger partial charge in [-0.2, -0.15) is 0 Å². The summed E-state index contributed by atoms with van der Waals surface area (Å²) in [6.07, 6.45) is -0.322. The van der Waals surface area contributed by atoms with E-state index in [1.54, 1.807) is 42.5 Å². The van der Waals surface area contributed by atoms with Gasteiger partial charge in [-0.25, -0.2) is 0 Å². The lowest BCUT2D eigenvalue weighted by Crippen LogP contribution is -2.30. The number of carbonyl (C=O) groups excluding carboxylic acids is 3. The third kappa shape index (κ3) is 5.81. The van der Waals surface area contributed by atoms with E-state index < -0.39 is 18.0 Å². The average Bonchev–Trinajstić information content (AvgIpc) is 2.97. The van der Waals surface area contributed by atoms with Crippen LogP contribution in [0.15, 0.2) is 48.5 Å². The van der Waals surface area contributed by atoms with Crippen molar-refractivity contribution in [2.45, 2.75) is 32.3 Å². The van der Waals surface area contributed by atoms with Gasteiger partial charge in [-0.15, -0.1) is 0 Å². The highest BCUT2D eigenvalue weighted by atomic mass is 16.5. The molecule has 0 fully saturated rings. The lowest BCUT2D eigenvalue weighted by atomic mass is 10.1. The minimum Gasteiger partial charge on any atom is -0.490 e. The van der Waals surface area contributed by atoms with Crippen LogP contribution in [-0.2, 0) is 14.3 Å². The van der Waals surface area contributed by atoms with Gasteiger partial charge in [0.05, 0.1) is 19.6 Å². The topological polar surface area (TPSA) is 90.9 Å². The third-order valence-electron chi connectivity index (χ3n) is 4.34. The Kier molecular flexibility index (Phi) is 6.84. The number of hydrogen-bond acceptors (Lipinski definition) is 6. The van der Waals surface area contributed by atoms with E-state index in [1.807, 2.05) is 6.07 Å². The Labute approximate surface area is 169 Å². The normalized spacial score (nSPS) is 13.7. The molecule has 3 rings (SSSR count).